The van der Waals surface area contributed by atoms with Gasteiger partial charge in [-0.05, 0) is 42.7 Å². The quantitative estimate of drug-likeness (QED) is 0.629. The lowest BCUT2D eigenvalue weighted by Gasteiger charge is -2.09. The fourth-order valence-electron chi connectivity index (χ4n) is 3.58. The van der Waals surface area contributed by atoms with Gasteiger partial charge in [0.2, 0.25) is 0 Å². The number of aryl methyl sites for hydroxylation is 1. The largest absolute Gasteiger partial charge is 0.497 e. The van der Waals surface area contributed by atoms with Gasteiger partial charge < -0.3 is 14.0 Å². The zero-order chi connectivity index (χ0) is 17.9. The molecule has 2 heterocycles. The number of aromatic nitrogens is 2. The third-order valence-electron chi connectivity index (χ3n) is 5.01. The van der Waals surface area contributed by atoms with Crippen molar-refractivity contribution in [2.75, 3.05) is 7.11 Å². The molecular formula is C21H22N2O3. The average molecular weight is 350 g/mol. The number of carbonyl (C=O) groups is 1. The molecule has 134 valence electrons. The highest BCUT2D eigenvalue weighted by Crippen LogP contribution is 2.34. The summed E-state index contributed by atoms with van der Waals surface area (Å²) >= 11 is 0. The molecule has 0 fully saturated rings. The number of hydrogen-bond acceptors (Lipinski definition) is 4. The number of fused-ring (bicyclic) bond motifs is 3. The summed E-state index contributed by atoms with van der Waals surface area (Å²) in [6.07, 6.45) is 2.24. The van der Waals surface area contributed by atoms with Crippen molar-refractivity contribution in [2.24, 2.45) is 0 Å². The van der Waals surface area contributed by atoms with E-state index in [-0.39, 0.29) is 5.97 Å². The van der Waals surface area contributed by atoms with Crippen molar-refractivity contribution in [2.45, 2.75) is 38.3 Å². The Bertz CT molecular complexity index is 915. The number of rotatable bonds is 6. The highest BCUT2D eigenvalue weighted by Gasteiger charge is 2.26. The Morgan fingerprint density at radius 2 is 2.00 bits per heavy atom. The van der Waals surface area contributed by atoms with Crippen LogP contribution in [0.25, 0.3) is 11.0 Å². The van der Waals surface area contributed by atoms with E-state index in [0.717, 1.165) is 42.0 Å². The predicted octanol–water partition coefficient (Wildman–Crippen LogP) is 4.06. The van der Waals surface area contributed by atoms with Gasteiger partial charge in [-0.3, -0.25) is 4.79 Å². The molecule has 0 amide bonds. The molecular weight excluding hydrogens is 328 g/mol. The van der Waals surface area contributed by atoms with Crippen LogP contribution in [0.5, 0.6) is 5.75 Å². The molecule has 0 bridgehead atoms. The zero-order valence-electron chi connectivity index (χ0n) is 14.9. The fourth-order valence-corrected chi connectivity index (χ4v) is 3.58. The molecule has 0 saturated heterocycles. The molecule has 26 heavy (non-hydrogen) atoms. The highest BCUT2D eigenvalue weighted by atomic mass is 16.5. The molecule has 5 nitrogen and oxygen atoms in total. The number of benzene rings is 2. The van der Waals surface area contributed by atoms with E-state index in [2.05, 4.69) is 10.6 Å². The standard InChI is InChI=1S/C21H22N2O3/c1-25-17-9-6-15(7-10-17)14-26-20(24)11-8-16-12-13-23-19-5-3-2-4-18(19)22-21(16)23/h2-7,9-10,16H,8,11-14H2,1H3. The topological polar surface area (TPSA) is 53.4 Å². The molecule has 3 aromatic rings. The Labute approximate surface area is 152 Å². The van der Waals surface area contributed by atoms with E-state index in [1.807, 2.05) is 42.5 Å². The van der Waals surface area contributed by atoms with Crippen molar-refractivity contribution in [3.05, 3.63) is 59.9 Å². The van der Waals surface area contributed by atoms with Gasteiger partial charge in [-0.15, -0.1) is 0 Å². The minimum Gasteiger partial charge on any atom is -0.497 e. The van der Waals surface area contributed by atoms with Gasteiger partial charge in [0.25, 0.3) is 0 Å². The number of methoxy groups -OCH3 is 1. The van der Waals surface area contributed by atoms with Crippen molar-refractivity contribution in [1.82, 2.24) is 9.55 Å². The fraction of sp³-hybridized carbons (Fsp3) is 0.333. The molecule has 0 saturated carbocycles. The van der Waals surface area contributed by atoms with Gasteiger partial charge in [0, 0.05) is 18.9 Å². The summed E-state index contributed by atoms with van der Waals surface area (Å²) in [6.45, 7) is 1.27. The number of esters is 1. The second-order valence-corrected chi connectivity index (χ2v) is 6.64. The Kier molecular flexibility index (Phi) is 4.61. The first-order valence-corrected chi connectivity index (χ1v) is 8.98. The van der Waals surface area contributed by atoms with Gasteiger partial charge >= 0.3 is 5.97 Å². The predicted molar refractivity (Wildman–Crippen MR) is 99.1 cm³/mol. The summed E-state index contributed by atoms with van der Waals surface area (Å²) in [5.74, 6) is 2.07. The Morgan fingerprint density at radius 1 is 1.19 bits per heavy atom. The number of carbonyl (C=O) groups excluding carboxylic acids is 1. The summed E-state index contributed by atoms with van der Waals surface area (Å²) in [6, 6.07) is 15.8. The van der Waals surface area contributed by atoms with Crippen molar-refractivity contribution < 1.29 is 14.3 Å². The number of nitrogens with zero attached hydrogens (tertiary/aromatic N) is 2. The molecule has 1 aliphatic rings. The summed E-state index contributed by atoms with van der Waals surface area (Å²) in [4.78, 5) is 16.9. The maximum atomic E-state index is 12.1. The van der Waals surface area contributed by atoms with Crippen LogP contribution >= 0.6 is 0 Å². The molecule has 1 aliphatic heterocycles. The van der Waals surface area contributed by atoms with Crippen LogP contribution in [0, 0.1) is 0 Å². The molecule has 1 aromatic heterocycles. The van der Waals surface area contributed by atoms with Gasteiger partial charge in [-0.2, -0.15) is 0 Å². The Balaban J connectivity index is 1.31. The van der Waals surface area contributed by atoms with Crippen LogP contribution in [0.2, 0.25) is 0 Å². The van der Waals surface area contributed by atoms with Crippen LogP contribution in [-0.2, 0) is 22.7 Å². The van der Waals surface area contributed by atoms with Gasteiger partial charge in [-0.1, -0.05) is 24.3 Å². The van der Waals surface area contributed by atoms with E-state index in [1.54, 1.807) is 7.11 Å². The van der Waals surface area contributed by atoms with Gasteiger partial charge in [0.15, 0.2) is 0 Å². The summed E-state index contributed by atoms with van der Waals surface area (Å²) < 4.78 is 12.8. The van der Waals surface area contributed by atoms with E-state index in [4.69, 9.17) is 14.5 Å². The normalized spacial score (nSPS) is 15.8. The van der Waals surface area contributed by atoms with Crippen LogP contribution in [0.15, 0.2) is 48.5 Å². The highest BCUT2D eigenvalue weighted by molar-refractivity contribution is 5.76. The average Bonchev–Trinajstić information content (AvgIpc) is 3.24. The van der Waals surface area contributed by atoms with E-state index >= 15 is 0 Å². The maximum Gasteiger partial charge on any atom is 0.306 e. The molecule has 0 radical (unpaired) electrons. The monoisotopic (exact) mass is 350 g/mol. The summed E-state index contributed by atoms with van der Waals surface area (Å²) in [7, 11) is 1.63. The van der Waals surface area contributed by atoms with Crippen molar-refractivity contribution in [3.63, 3.8) is 0 Å². The molecule has 1 atom stereocenters. The third kappa shape index (κ3) is 3.29. The van der Waals surface area contributed by atoms with E-state index in [9.17, 15) is 4.79 Å². The molecule has 0 aliphatic carbocycles. The second kappa shape index (κ2) is 7.20. The van der Waals surface area contributed by atoms with E-state index in [1.165, 1.54) is 5.52 Å². The lowest BCUT2D eigenvalue weighted by molar-refractivity contribution is -0.145. The number of ether oxygens (including phenoxy) is 2. The molecule has 2 aromatic carbocycles. The van der Waals surface area contributed by atoms with Crippen molar-refractivity contribution >= 4 is 17.0 Å². The molecule has 1 unspecified atom stereocenters. The molecule has 5 heteroatoms. The van der Waals surface area contributed by atoms with Crippen molar-refractivity contribution in [1.29, 1.82) is 0 Å². The minimum absolute atomic E-state index is 0.157. The van der Waals surface area contributed by atoms with Gasteiger partial charge in [0.1, 0.15) is 18.2 Å². The van der Waals surface area contributed by atoms with Crippen LogP contribution in [0.1, 0.15) is 36.6 Å². The van der Waals surface area contributed by atoms with Crippen LogP contribution < -0.4 is 4.74 Å². The van der Waals surface area contributed by atoms with Crippen LogP contribution in [0.4, 0.5) is 0 Å². The molecule has 4 rings (SSSR count). The van der Waals surface area contributed by atoms with E-state index in [0.29, 0.717) is 18.9 Å². The van der Waals surface area contributed by atoms with Gasteiger partial charge in [0.05, 0.1) is 18.1 Å². The SMILES string of the molecule is COc1ccc(COC(=O)CCC2CCn3c2nc2ccccc23)cc1. The summed E-state index contributed by atoms with van der Waals surface area (Å²) in [5.41, 5.74) is 3.18. The van der Waals surface area contributed by atoms with Crippen LogP contribution in [-0.4, -0.2) is 22.6 Å². The summed E-state index contributed by atoms with van der Waals surface area (Å²) in [5, 5.41) is 0. The lowest BCUT2D eigenvalue weighted by atomic mass is 10.0. The number of imidazole rings is 1. The Morgan fingerprint density at radius 3 is 2.81 bits per heavy atom. The molecule has 0 N–H and O–H groups in total. The first kappa shape index (κ1) is 16.6. The minimum atomic E-state index is -0.157. The maximum absolute atomic E-state index is 12.1. The van der Waals surface area contributed by atoms with E-state index < -0.39 is 0 Å². The zero-order valence-corrected chi connectivity index (χ0v) is 14.9. The van der Waals surface area contributed by atoms with Gasteiger partial charge in [-0.25, -0.2) is 4.98 Å². The lowest BCUT2D eigenvalue weighted by Crippen LogP contribution is -2.07. The molecule has 0 spiro atoms. The van der Waals surface area contributed by atoms with Crippen molar-refractivity contribution in [3.8, 4) is 5.75 Å². The second-order valence-electron chi connectivity index (χ2n) is 6.64. The Hall–Kier alpha value is -2.82. The smallest absolute Gasteiger partial charge is 0.306 e. The number of hydrogen-bond donors (Lipinski definition) is 0. The number of para-hydroxylation sites is 2. The van der Waals surface area contributed by atoms with Crippen LogP contribution in [0.3, 0.4) is 0 Å². The third-order valence-corrected chi connectivity index (χ3v) is 5.01. The first-order chi connectivity index (χ1) is 12.7. The first-order valence-electron chi connectivity index (χ1n) is 8.98.